The molecule has 1 heterocycles. The van der Waals surface area contributed by atoms with Crippen molar-refractivity contribution in [2.24, 2.45) is 16.0 Å². The third-order valence-electron chi connectivity index (χ3n) is 4.69. The highest BCUT2D eigenvalue weighted by Crippen LogP contribution is 2.28. The zero-order valence-electron chi connectivity index (χ0n) is 14.3. The number of hydrogen-bond donors (Lipinski definition) is 1. The van der Waals surface area contributed by atoms with E-state index in [1.165, 1.54) is 49.2 Å². The van der Waals surface area contributed by atoms with Crippen LogP contribution in [0.1, 0.15) is 38.5 Å². The molecule has 1 aliphatic carbocycles. The van der Waals surface area contributed by atoms with Crippen molar-refractivity contribution < 1.29 is 13.2 Å². The van der Waals surface area contributed by atoms with Crippen LogP contribution in [0.3, 0.4) is 0 Å². The highest BCUT2D eigenvalue weighted by Gasteiger charge is 2.17. The molecule has 1 amide bonds. The summed E-state index contributed by atoms with van der Waals surface area (Å²) in [5.74, 6) is 3.02. The van der Waals surface area contributed by atoms with E-state index in [1.807, 2.05) is 0 Å². The fourth-order valence-electron chi connectivity index (χ4n) is 3.35. The Morgan fingerprint density at radius 2 is 2.12 bits per heavy atom. The molecule has 8 heteroatoms. The number of sulfonamides is 1. The molecule has 0 radical (unpaired) electrons. The third kappa shape index (κ3) is 4.23. The molecule has 0 bridgehead atoms. The standard InChI is InChI=1S/C18H21N3O3S2/c1-2-11-21-15-9-8-14(26(19,23)24)12-16(15)25-18(21)20-17(22)10-7-13-5-3-4-6-13/h1,8-9,12-13H,3-7,10-11H2,(H2,19,23,24). The highest BCUT2D eigenvalue weighted by molar-refractivity contribution is 7.89. The second-order valence-corrected chi connectivity index (χ2v) is 9.11. The Labute approximate surface area is 156 Å². The van der Waals surface area contributed by atoms with E-state index in [4.69, 9.17) is 11.6 Å². The summed E-state index contributed by atoms with van der Waals surface area (Å²) in [6.07, 6.45) is 11.6. The van der Waals surface area contributed by atoms with Crippen molar-refractivity contribution in [1.29, 1.82) is 0 Å². The first-order chi connectivity index (χ1) is 12.4. The molecule has 0 spiro atoms. The van der Waals surface area contributed by atoms with Gasteiger partial charge >= 0.3 is 0 Å². The number of carbonyl (C=O) groups is 1. The number of rotatable bonds is 5. The van der Waals surface area contributed by atoms with Crippen LogP contribution in [-0.4, -0.2) is 18.9 Å². The van der Waals surface area contributed by atoms with E-state index in [0.717, 1.165) is 11.9 Å². The minimum absolute atomic E-state index is 0.0261. The lowest BCUT2D eigenvalue weighted by atomic mass is 10.0. The van der Waals surface area contributed by atoms with Gasteiger partial charge in [-0.25, -0.2) is 13.6 Å². The Morgan fingerprint density at radius 3 is 2.77 bits per heavy atom. The summed E-state index contributed by atoms with van der Waals surface area (Å²) in [5, 5.41) is 5.19. The summed E-state index contributed by atoms with van der Waals surface area (Å²) < 4.78 is 25.5. The summed E-state index contributed by atoms with van der Waals surface area (Å²) >= 11 is 1.24. The van der Waals surface area contributed by atoms with Gasteiger partial charge in [0.2, 0.25) is 15.9 Å². The van der Waals surface area contributed by atoms with Gasteiger partial charge in [0.15, 0.2) is 4.80 Å². The van der Waals surface area contributed by atoms with Crippen molar-refractivity contribution in [3.63, 3.8) is 0 Å². The van der Waals surface area contributed by atoms with Gasteiger partial charge in [0.1, 0.15) is 0 Å². The Hall–Kier alpha value is -1.95. The van der Waals surface area contributed by atoms with Crippen molar-refractivity contribution in [1.82, 2.24) is 4.57 Å². The van der Waals surface area contributed by atoms with E-state index in [0.29, 0.717) is 21.8 Å². The van der Waals surface area contributed by atoms with Crippen molar-refractivity contribution in [2.45, 2.75) is 50.0 Å². The molecular formula is C18H21N3O3S2. The fraction of sp³-hybridized carbons (Fsp3) is 0.444. The molecule has 0 saturated heterocycles. The lowest BCUT2D eigenvalue weighted by Crippen LogP contribution is -2.16. The van der Waals surface area contributed by atoms with Gasteiger partial charge in [0.25, 0.3) is 0 Å². The quantitative estimate of drug-likeness (QED) is 0.793. The number of fused-ring (bicyclic) bond motifs is 1. The predicted octanol–water partition coefficient (Wildman–Crippen LogP) is 2.38. The van der Waals surface area contributed by atoms with Crippen LogP contribution in [0, 0.1) is 18.3 Å². The van der Waals surface area contributed by atoms with Gasteiger partial charge in [-0.3, -0.25) is 4.79 Å². The van der Waals surface area contributed by atoms with Crippen LogP contribution < -0.4 is 9.94 Å². The van der Waals surface area contributed by atoms with Crippen molar-refractivity contribution in [2.75, 3.05) is 0 Å². The van der Waals surface area contributed by atoms with E-state index < -0.39 is 10.0 Å². The maximum Gasteiger partial charge on any atom is 0.248 e. The van der Waals surface area contributed by atoms with Crippen LogP contribution in [0.2, 0.25) is 0 Å². The summed E-state index contributed by atoms with van der Waals surface area (Å²) in [6.45, 7) is 0.253. The SMILES string of the molecule is C#CCn1c(=NC(=O)CCC2CCCC2)sc2cc(S(N)(=O)=O)ccc21. The third-order valence-corrected chi connectivity index (χ3v) is 6.65. The Kier molecular flexibility index (Phi) is 5.61. The first-order valence-corrected chi connectivity index (χ1v) is 10.9. The monoisotopic (exact) mass is 391 g/mol. The number of hydrogen-bond acceptors (Lipinski definition) is 4. The molecule has 0 aliphatic heterocycles. The van der Waals surface area contributed by atoms with E-state index in [2.05, 4.69) is 10.9 Å². The maximum atomic E-state index is 12.3. The lowest BCUT2D eigenvalue weighted by Gasteiger charge is -2.05. The molecule has 1 aromatic carbocycles. The number of thiazole rings is 1. The summed E-state index contributed by atoms with van der Waals surface area (Å²) in [4.78, 5) is 17.0. The zero-order chi connectivity index (χ0) is 18.7. The maximum absolute atomic E-state index is 12.3. The second-order valence-electron chi connectivity index (χ2n) is 6.54. The van der Waals surface area contributed by atoms with Crippen LogP contribution >= 0.6 is 11.3 Å². The minimum atomic E-state index is -3.79. The number of aromatic nitrogens is 1. The van der Waals surface area contributed by atoms with Crippen LogP contribution in [0.15, 0.2) is 28.1 Å². The van der Waals surface area contributed by atoms with Crippen LogP contribution in [0.5, 0.6) is 0 Å². The van der Waals surface area contributed by atoms with Crippen LogP contribution in [0.25, 0.3) is 10.2 Å². The molecule has 138 valence electrons. The van der Waals surface area contributed by atoms with E-state index >= 15 is 0 Å². The molecule has 6 nitrogen and oxygen atoms in total. The average molecular weight is 392 g/mol. The number of nitrogens with zero attached hydrogens (tertiary/aromatic N) is 2. The first kappa shape index (κ1) is 18.8. The van der Waals surface area contributed by atoms with Gasteiger partial charge in [0, 0.05) is 6.42 Å². The topological polar surface area (TPSA) is 94.5 Å². The van der Waals surface area contributed by atoms with Gasteiger partial charge in [0.05, 0.1) is 21.7 Å². The molecule has 2 N–H and O–H groups in total. The summed E-state index contributed by atoms with van der Waals surface area (Å²) in [7, 11) is -3.79. The molecule has 1 fully saturated rings. The first-order valence-electron chi connectivity index (χ1n) is 8.55. The average Bonchev–Trinajstić information content (AvgIpc) is 3.20. The van der Waals surface area contributed by atoms with E-state index in [-0.39, 0.29) is 17.3 Å². The number of carbonyl (C=O) groups excluding carboxylic acids is 1. The summed E-state index contributed by atoms with van der Waals surface area (Å²) in [6, 6.07) is 4.57. The predicted molar refractivity (Wildman–Crippen MR) is 102 cm³/mol. The molecule has 1 aromatic heterocycles. The van der Waals surface area contributed by atoms with Gasteiger partial charge < -0.3 is 4.57 Å². The Bertz CT molecular complexity index is 1040. The molecule has 3 rings (SSSR count). The number of benzene rings is 1. The second kappa shape index (κ2) is 7.74. The molecule has 0 atom stereocenters. The molecule has 26 heavy (non-hydrogen) atoms. The smallest absolute Gasteiger partial charge is 0.248 e. The van der Waals surface area contributed by atoms with Gasteiger partial charge in [-0.2, -0.15) is 4.99 Å². The van der Waals surface area contributed by atoms with Gasteiger partial charge in [-0.15, -0.1) is 6.42 Å². The van der Waals surface area contributed by atoms with Crippen molar-refractivity contribution in [3.8, 4) is 12.3 Å². The number of terminal acetylenes is 1. The highest BCUT2D eigenvalue weighted by atomic mass is 32.2. The number of primary sulfonamides is 1. The largest absolute Gasteiger partial charge is 0.305 e. The van der Waals surface area contributed by atoms with Crippen molar-refractivity contribution in [3.05, 3.63) is 23.0 Å². The number of amides is 1. The van der Waals surface area contributed by atoms with E-state index in [1.54, 1.807) is 10.6 Å². The van der Waals surface area contributed by atoms with E-state index in [9.17, 15) is 13.2 Å². The molecule has 2 aromatic rings. The number of nitrogens with two attached hydrogens (primary N) is 1. The minimum Gasteiger partial charge on any atom is -0.305 e. The molecule has 0 unspecified atom stereocenters. The Balaban J connectivity index is 1.94. The Morgan fingerprint density at radius 1 is 1.38 bits per heavy atom. The lowest BCUT2D eigenvalue weighted by molar-refractivity contribution is -0.118. The van der Waals surface area contributed by atoms with Crippen molar-refractivity contribution >= 4 is 37.5 Å². The fourth-order valence-corrected chi connectivity index (χ4v) is 5.05. The molecule has 1 saturated carbocycles. The van der Waals surface area contributed by atoms with Crippen LogP contribution in [-0.2, 0) is 21.4 Å². The summed E-state index contributed by atoms with van der Waals surface area (Å²) in [5.41, 5.74) is 0.739. The zero-order valence-corrected chi connectivity index (χ0v) is 16.0. The normalized spacial score (nSPS) is 16.2. The van der Waals surface area contributed by atoms with Crippen LogP contribution in [0.4, 0.5) is 0 Å². The molecular weight excluding hydrogens is 370 g/mol. The van der Waals surface area contributed by atoms with Gasteiger partial charge in [-0.1, -0.05) is 42.9 Å². The van der Waals surface area contributed by atoms with Gasteiger partial charge in [-0.05, 0) is 30.5 Å². The molecule has 1 aliphatic rings.